The first kappa shape index (κ1) is 17.8. The van der Waals surface area contributed by atoms with Crippen LogP contribution in [-0.2, 0) is 0 Å². The molecular formula is C19H21N5O2S. The highest BCUT2D eigenvalue weighted by Crippen LogP contribution is 2.35. The Balaban J connectivity index is 1.28. The number of rotatable bonds is 5. The summed E-state index contributed by atoms with van der Waals surface area (Å²) in [4.78, 5) is 21.2. The van der Waals surface area contributed by atoms with Gasteiger partial charge in [-0.25, -0.2) is 4.98 Å². The van der Waals surface area contributed by atoms with Crippen molar-refractivity contribution in [2.75, 3.05) is 6.54 Å². The summed E-state index contributed by atoms with van der Waals surface area (Å²) in [6.07, 6.45) is 8.89. The second kappa shape index (κ2) is 7.96. The lowest BCUT2D eigenvalue weighted by Gasteiger charge is -2.26. The molecule has 0 bridgehead atoms. The van der Waals surface area contributed by atoms with Crippen LogP contribution in [0.3, 0.4) is 0 Å². The van der Waals surface area contributed by atoms with E-state index in [-0.39, 0.29) is 11.8 Å². The Morgan fingerprint density at radius 1 is 1.26 bits per heavy atom. The SMILES string of the molecule is Cc1csc(C(=O)NCC2CCC(c3nnc(-c4cnccn4)o3)CC2)c1. The number of aryl methyl sites for hydroxylation is 1. The van der Waals surface area contributed by atoms with E-state index in [2.05, 4.69) is 25.5 Å². The Labute approximate surface area is 161 Å². The average Bonchev–Trinajstić information content (AvgIpc) is 3.37. The monoisotopic (exact) mass is 383 g/mol. The van der Waals surface area contributed by atoms with Crippen molar-refractivity contribution >= 4 is 17.2 Å². The first-order valence-electron chi connectivity index (χ1n) is 9.12. The van der Waals surface area contributed by atoms with Gasteiger partial charge in [0, 0.05) is 24.9 Å². The van der Waals surface area contributed by atoms with Gasteiger partial charge >= 0.3 is 0 Å². The summed E-state index contributed by atoms with van der Waals surface area (Å²) < 4.78 is 5.81. The van der Waals surface area contributed by atoms with E-state index in [1.165, 1.54) is 11.3 Å². The van der Waals surface area contributed by atoms with Gasteiger partial charge in [-0.15, -0.1) is 21.5 Å². The number of hydrogen-bond acceptors (Lipinski definition) is 7. The fraction of sp³-hybridized carbons (Fsp3) is 0.421. The van der Waals surface area contributed by atoms with Crippen molar-refractivity contribution in [1.29, 1.82) is 0 Å². The quantitative estimate of drug-likeness (QED) is 0.723. The summed E-state index contributed by atoms with van der Waals surface area (Å²) in [5.41, 5.74) is 1.72. The first-order chi connectivity index (χ1) is 13.2. The molecule has 1 saturated carbocycles. The summed E-state index contributed by atoms with van der Waals surface area (Å²) in [6.45, 7) is 2.72. The minimum atomic E-state index is 0.0285. The molecule has 0 saturated heterocycles. The largest absolute Gasteiger partial charge is 0.419 e. The molecular weight excluding hydrogens is 362 g/mol. The van der Waals surface area contributed by atoms with Gasteiger partial charge in [0.05, 0.1) is 11.1 Å². The van der Waals surface area contributed by atoms with E-state index < -0.39 is 0 Å². The predicted molar refractivity (Wildman–Crippen MR) is 101 cm³/mol. The van der Waals surface area contributed by atoms with Gasteiger partial charge in [0.15, 0.2) is 0 Å². The standard InChI is InChI=1S/C19H21N5O2S/c1-12-8-16(27-11-12)17(25)22-9-13-2-4-14(5-3-13)18-23-24-19(26-18)15-10-20-6-7-21-15/h6-8,10-11,13-14H,2-5,9H2,1H3,(H,22,25). The lowest BCUT2D eigenvalue weighted by molar-refractivity contribution is 0.0946. The third-order valence-corrected chi connectivity index (χ3v) is 5.97. The second-order valence-corrected chi connectivity index (χ2v) is 7.86. The summed E-state index contributed by atoms with van der Waals surface area (Å²) in [5.74, 6) is 1.88. The van der Waals surface area contributed by atoms with E-state index in [0.29, 0.717) is 23.4 Å². The normalized spacial score (nSPS) is 19.7. The van der Waals surface area contributed by atoms with Crippen LogP contribution in [0.15, 0.2) is 34.5 Å². The Bertz CT molecular complexity index is 900. The average molecular weight is 383 g/mol. The maximum Gasteiger partial charge on any atom is 0.267 e. The fourth-order valence-electron chi connectivity index (χ4n) is 3.40. The fourth-order valence-corrected chi connectivity index (χ4v) is 4.21. The van der Waals surface area contributed by atoms with Gasteiger partial charge in [-0.1, -0.05) is 0 Å². The topological polar surface area (TPSA) is 93.8 Å². The van der Waals surface area contributed by atoms with Crippen LogP contribution in [-0.4, -0.2) is 32.6 Å². The minimum Gasteiger partial charge on any atom is -0.419 e. The molecule has 3 heterocycles. The summed E-state index contributed by atoms with van der Waals surface area (Å²) in [7, 11) is 0. The molecule has 1 N–H and O–H groups in total. The molecule has 0 spiro atoms. The summed E-state index contributed by atoms with van der Waals surface area (Å²) >= 11 is 1.49. The Morgan fingerprint density at radius 2 is 2.11 bits per heavy atom. The van der Waals surface area contributed by atoms with E-state index in [4.69, 9.17) is 4.42 Å². The molecule has 1 aliphatic rings. The van der Waals surface area contributed by atoms with Gasteiger partial charge in [-0.3, -0.25) is 9.78 Å². The van der Waals surface area contributed by atoms with Crippen LogP contribution in [0.5, 0.6) is 0 Å². The zero-order chi connectivity index (χ0) is 18.6. The van der Waals surface area contributed by atoms with Gasteiger partial charge in [-0.05, 0) is 55.5 Å². The van der Waals surface area contributed by atoms with Crippen molar-refractivity contribution in [3.8, 4) is 11.6 Å². The van der Waals surface area contributed by atoms with Crippen LogP contribution < -0.4 is 5.32 Å². The molecule has 8 heteroatoms. The summed E-state index contributed by atoms with van der Waals surface area (Å²) in [6, 6.07) is 1.93. The molecule has 1 fully saturated rings. The molecule has 3 aromatic rings. The van der Waals surface area contributed by atoms with E-state index >= 15 is 0 Å². The lowest BCUT2D eigenvalue weighted by Crippen LogP contribution is -2.30. The molecule has 0 atom stereocenters. The minimum absolute atomic E-state index is 0.0285. The van der Waals surface area contributed by atoms with Crippen molar-refractivity contribution in [1.82, 2.24) is 25.5 Å². The predicted octanol–water partition coefficient (Wildman–Crippen LogP) is 3.60. The molecule has 1 aliphatic carbocycles. The Hall–Kier alpha value is -2.61. The number of carbonyl (C=O) groups is 1. The molecule has 3 aromatic heterocycles. The van der Waals surface area contributed by atoms with Crippen molar-refractivity contribution in [2.24, 2.45) is 5.92 Å². The molecule has 7 nitrogen and oxygen atoms in total. The second-order valence-electron chi connectivity index (χ2n) is 6.95. The van der Waals surface area contributed by atoms with Crippen molar-refractivity contribution < 1.29 is 9.21 Å². The van der Waals surface area contributed by atoms with Crippen LogP contribution >= 0.6 is 11.3 Å². The molecule has 140 valence electrons. The molecule has 0 aromatic carbocycles. The third-order valence-electron chi connectivity index (χ3n) is 4.92. The lowest BCUT2D eigenvalue weighted by atomic mass is 9.82. The number of aromatic nitrogens is 4. The molecule has 27 heavy (non-hydrogen) atoms. The number of nitrogens with one attached hydrogen (secondary N) is 1. The molecule has 4 rings (SSSR count). The molecule has 0 aliphatic heterocycles. The van der Waals surface area contributed by atoms with E-state index in [1.807, 2.05) is 18.4 Å². The van der Waals surface area contributed by atoms with Crippen LogP contribution in [0.2, 0.25) is 0 Å². The van der Waals surface area contributed by atoms with Crippen molar-refractivity contribution in [2.45, 2.75) is 38.5 Å². The smallest absolute Gasteiger partial charge is 0.267 e. The van der Waals surface area contributed by atoms with Gasteiger partial charge in [-0.2, -0.15) is 0 Å². The van der Waals surface area contributed by atoms with Gasteiger partial charge < -0.3 is 9.73 Å². The first-order valence-corrected chi connectivity index (χ1v) is 10.00. The molecule has 0 radical (unpaired) electrons. The van der Waals surface area contributed by atoms with Gasteiger partial charge in [0.2, 0.25) is 5.89 Å². The Morgan fingerprint density at radius 3 is 2.81 bits per heavy atom. The van der Waals surface area contributed by atoms with E-state index in [1.54, 1.807) is 18.6 Å². The van der Waals surface area contributed by atoms with E-state index in [9.17, 15) is 4.79 Å². The number of nitrogens with zero attached hydrogens (tertiary/aromatic N) is 4. The highest BCUT2D eigenvalue weighted by Gasteiger charge is 2.27. The van der Waals surface area contributed by atoms with Crippen LogP contribution in [0, 0.1) is 12.8 Å². The van der Waals surface area contributed by atoms with Crippen LogP contribution in [0.1, 0.15) is 52.7 Å². The zero-order valence-corrected chi connectivity index (χ0v) is 15.9. The number of carbonyl (C=O) groups excluding carboxylic acids is 1. The maximum absolute atomic E-state index is 12.2. The van der Waals surface area contributed by atoms with Crippen LogP contribution in [0.4, 0.5) is 0 Å². The molecule has 0 unspecified atom stereocenters. The third kappa shape index (κ3) is 4.21. The Kier molecular flexibility index (Phi) is 5.24. The molecule has 1 amide bonds. The van der Waals surface area contributed by atoms with Crippen LogP contribution in [0.25, 0.3) is 11.6 Å². The van der Waals surface area contributed by atoms with E-state index in [0.717, 1.165) is 42.7 Å². The zero-order valence-electron chi connectivity index (χ0n) is 15.1. The highest BCUT2D eigenvalue weighted by atomic mass is 32.1. The van der Waals surface area contributed by atoms with Crippen molar-refractivity contribution in [3.63, 3.8) is 0 Å². The number of thiophene rings is 1. The highest BCUT2D eigenvalue weighted by molar-refractivity contribution is 7.12. The van der Waals surface area contributed by atoms with Gasteiger partial charge in [0.25, 0.3) is 11.8 Å². The number of amides is 1. The van der Waals surface area contributed by atoms with Crippen molar-refractivity contribution in [3.05, 3.63) is 46.4 Å². The van der Waals surface area contributed by atoms with Gasteiger partial charge in [0.1, 0.15) is 5.69 Å². The maximum atomic E-state index is 12.2. The number of hydrogen-bond donors (Lipinski definition) is 1. The summed E-state index contributed by atoms with van der Waals surface area (Å²) in [5, 5.41) is 13.4.